The number of hydrogen-bond acceptors (Lipinski definition) is 5. The Balaban J connectivity index is 1.78. The van der Waals surface area contributed by atoms with Gasteiger partial charge in [0.2, 0.25) is 0 Å². The number of fused-ring (bicyclic) bond motifs is 1. The zero-order valence-electron chi connectivity index (χ0n) is 14.7. The first-order chi connectivity index (χ1) is 12.5. The van der Waals surface area contributed by atoms with Crippen LogP contribution in [0.2, 0.25) is 0 Å². The molecule has 1 amide bonds. The SMILES string of the molecule is COC(=O)c1cc2ccccc2cc1OCC(=O)N[C@](C)(C#N)C1CC1. The molecule has 1 aliphatic carbocycles. The van der Waals surface area contributed by atoms with E-state index in [4.69, 9.17) is 9.47 Å². The molecule has 0 saturated heterocycles. The van der Waals surface area contributed by atoms with Crippen molar-refractivity contribution >= 4 is 22.6 Å². The summed E-state index contributed by atoms with van der Waals surface area (Å²) in [6.07, 6.45) is 1.87. The van der Waals surface area contributed by atoms with Crippen LogP contribution < -0.4 is 10.1 Å². The molecule has 1 saturated carbocycles. The number of methoxy groups -OCH3 is 1. The maximum absolute atomic E-state index is 12.2. The molecule has 134 valence electrons. The summed E-state index contributed by atoms with van der Waals surface area (Å²) in [5, 5.41) is 13.8. The summed E-state index contributed by atoms with van der Waals surface area (Å²) < 4.78 is 10.4. The Morgan fingerprint density at radius 3 is 2.50 bits per heavy atom. The number of carbonyl (C=O) groups excluding carboxylic acids is 2. The van der Waals surface area contributed by atoms with E-state index in [2.05, 4.69) is 11.4 Å². The molecule has 0 unspecified atom stereocenters. The first-order valence-corrected chi connectivity index (χ1v) is 8.43. The Morgan fingerprint density at radius 1 is 1.27 bits per heavy atom. The van der Waals surface area contributed by atoms with Gasteiger partial charge in [-0.25, -0.2) is 4.79 Å². The van der Waals surface area contributed by atoms with Crippen molar-refractivity contribution in [1.82, 2.24) is 5.32 Å². The monoisotopic (exact) mass is 352 g/mol. The third kappa shape index (κ3) is 3.62. The number of ether oxygens (including phenoxy) is 2. The molecule has 0 aromatic heterocycles. The molecule has 6 nitrogen and oxygen atoms in total. The van der Waals surface area contributed by atoms with Gasteiger partial charge in [0.25, 0.3) is 5.91 Å². The van der Waals surface area contributed by atoms with Crippen molar-refractivity contribution in [3.05, 3.63) is 42.0 Å². The van der Waals surface area contributed by atoms with Crippen molar-refractivity contribution in [1.29, 1.82) is 5.26 Å². The van der Waals surface area contributed by atoms with Gasteiger partial charge in [0.15, 0.2) is 6.61 Å². The van der Waals surface area contributed by atoms with Gasteiger partial charge in [-0.3, -0.25) is 4.79 Å². The third-order valence-corrected chi connectivity index (χ3v) is 4.64. The molecular weight excluding hydrogens is 332 g/mol. The molecule has 0 spiro atoms. The summed E-state index contributed by atoms with van der Waals surface area (Å²) >= 11 is 0. The third-order valence-electron chi connectivity index (χ3n) is 4.64. The molecule has 2 aromatic rings. The second kappa shape index (κ2) is 7.04. The number of nitrogens with zero attached hydrogens (tertiary/aromatic N) is 1. The molecule has 2 aromatic carbocycles. The summed E-state index contributed by atoms with van der Waals surface area (Å²) in [4.78, 5) is 24.3. The van der Waals surface area contributed by atoms with Crippen LogP contribution in [0.3, 0.4) is 0 Å². The fraction of sp³-hybridized carbons (Fsp3) is 0.350. The molecule has 1 aliphatic rings. The van der Waals surface area contributed by atoms with Crippen LogP contribution in [0.25, 0.3) is 10.8 Å². The smallest absolute Gasteiger partial charge is 0.341 e. The highest BCUT2D eigenvalue weighted by molar-refractivity contribution is 5.98. The van der Waals surface area contributed by atoms with Crippen LogP contribution in [-0.4, -0.2) is 31.1 Å². The number of nitriles is 1. The largest absolute Gasteiger partial charge is 0.483 e. The molecule has 0 aliphatic heterocycles. The summed E-state index contributed by atoms with van der Waals surface area (Å²) in [5.74, 6) is -0.477. The highest BCUT2D eigenvalue weighted by Gasteiger charge is 2.43. The van der Waals surface area contributed by atoms with Gasteiger partial charge in [0, 0.05) is 0 Å². The first-order valence-electron chi connectivity index (χ1n) is 8.43. The number of carbonyl (C=O) groups is 2. The molecule has 6 heteroatoms. The average molecular weight is 352 g/mol. The van der Waals surface area contributed by atoms with Gasteiger partial charge in [-0.05, 0) is 48.6 Å². The second-order valence-corrected chi connectivity index (χ2v) is 6.61. The van der Waals surface area contributed by atoms with Crippen molar-refractivity contribution in [2.75, 3.05) is 13.7 Å². The minimum Gasteiger partial charge on any atom is -0.483 e. The van der Waals surface area contributed by atoms with E-state index in [0.29, 0.717) is 0 Å². The molecule has 0 heterocycles. The van der Waals surface area contributed by atoms with E-state index in [1.807, 2.05) is 24.3 Å². The van der Waals surface area contributed by atoms with E-state index in [1.165, 1.54) is 7.11 Å². The quantitative estimate of drug-likeness (QED) is 0.808. The summed E-state index contributed by atoms with van der Waals surface area (Å²) in [5.41, 5.74) is -0.626. The van der Waals surface area contributed by atoms with E-state index in [9.17, 15) is 14.9 Å². The lowest BCUT2D eigenvalue weighted by molar-refractivity contribution is -0.124. The lowest BCUT2D eigenvalue weighted by atomic mass is 9.98. The van der Waals surface area contributed by atoms with Crippen LogP contribution in [-0.2, 0) is 9.53 Å². The van der Waals surface area contributed by atoms with Gasteiger partial charge in [0.1, 0.15) is 16.9 Å². The molecule has 3 rings (SSSR count). The van der Waals surface area contributed by atoms with Crippen LogP contribution in [0.1, 0.15) is 30.1 Å². The van der Waals surface area contributed by atoms with Crippen LogP contribution in [0, 0.1) is 17.2 Å². The standard InChI is InChI=1S/C20H20N2O4/c1-20(12-21,15-7-8-15)22-18(23)11-26-17-10-14-6-4-3-5-13(14)9-16(17)19(24)25-2/h3-6,9-10,15H,7-8,11H2,1-2H3,(H,22,23)/t20-/m1/s1. The van der Waals surface area contributed by atoms with E-state index in [0.717, 1.165) is 23.6 Å². The van der Waals surface area contributed by atoms with Crippen molar-refractivity contribution in [3.63, 3.8) is 0 Å². The number of nitrogens with one attached hydrogen (secondary N) is 1. The van der Waals surface area contributed by atoms with E-state index >= 15 is 0 Å². The normalized spacial score (nSPS) is 15.6. The Bertz CT molecular complexity index is 898. The van der Waals surface area contributed by atoms with Crippen molar-refractivity contribution in [3.8, 4) is 11.8 Å². The van der Waals surface area contributed by atoms with Crippen LogP contribution in [0.4, 0.5) is 0 Å². The predicted octanol–water partition coefficient (Wildman–Crippen LogP) is 2.81. The number of amides is 1. The fourth-order valence-electron chi connectivity index (χ4n) is 2.96. The minimum atomic E-state index is -0.880. The zero-order valence-corrected chi connectivity index (χ0v) is 14.7. The van der Waals surface area contributed by atoms with Gasteiger partial charge < -0.3 is 14.8 Å². The molecule has 1 fully saturated rings. The highest BCUT2D eigenvalue weighted by atomic mass is 16.5. The number of esters is 1. The van der Waals surface area contributed by atoms with Crippen LogP contribution >= 0.6 is 0 Å². The molecular formula is C20H20N2O4. The van der Waals surface area contributed by atoms with Gasteiger partial charge in [-0.15, -0.1) is 0 Å². The second-order valence-electron chi connectivity index (χ2n) is 6.61. The zero-order chi connectivity index (χ0) is 18.7. The Hall–Kier alpha value is -3.07. The maximum atomic E-state index is 12.2. The van der Waals surface area contributed by atoms with Crippen LogP contribution in [0.5, 0.6) is 5.75 Å². The highest BCUT2D eigenvalue weighted by Crippen LogP contribution is 2.39. The van der Waals surface area contributed by atoms with Gasteiger partial charge >= 0.3 is 5.97 Å². The Kier molecular flexibility index (Phi) is 4.81. The lowest BCUT2D eigenvalue weighted by Crippen LogP contribution is -2.48. The number of hydrogen-bond donors (Lipinski definition) is 1. The molecule has 0 bridgehead atoms. The van der Waals surface area contributed by atoms with Gasteiger partial charge in [-0.1, -0.05) is 24.3 Å². The average Bonchev–Trinajstić information content (AvgIpc) is 3.50. The maximum Gasteiger partial charge on any atom is 0.341 e. The molecule has 1 N–H and O–H groups in total. The van der Waals surface area contributed by atoms with E-state index < -0.39 is 17.4 Å². The van der Waals surface area contributed by atoms with Crippen molar-refractivity contribution in [2.24, 2.45) is 5.92 Å². The Morgan fingerprint density at radius 2 is 1.92 bits per heavy atom. The predicted molar refractivity (Wildman–Crippen MR) is 95.7 cm³/mol. The van der Waals surface area contributed by atoms with E-state index in [1.54, 1.807) is 19.1 Å². The fourth-order valence-corrected chi connectivity index (χ4v) is 2.96. The minimum absolute atomic E-state index is 0.183. The molecule has 26 heavy (non-hydrogen) atoms. The first kappa shape index (κ1) is 17.7. The summed E-state index contributed by atoms with van der Waals surface area (Å²) in [7, 11) is 1.29. The van der Waals surface area contributed by atoms with E-state index in [-0.39, 0.29) is 23.8 Å². The van der Waals surface area contributed by atoms with Crippen molar-refractivity contribution in [2.45, 2.75) is 25.3 Å². The summed E-state index contributed by atoms with van der Waals surface area (Å²) in [6, 6.07) is 13.1. The molecule has 1 atom stereocenters. The molecule has 0 radical (unpaired) electrons. The lowest BCUT2D eigenvalue weighted by Gasteiger charge is -2.23. The van der Waals surface area contributed by atoms with Gasteiger partial charge in [0.05, 0.1) is 13.2 Å². The topological polar surface area (TPSA) is 88.4 Å². The van der Waals surface area contributed by atoms with Crippen molar-refractivity contribution < 1.29 is 19.1 Å². The van der Waals surface area contributed by atoms with Crippen LogP contribution in [0.15, 0.2) is 36.4 Å². The Labute approximate surface area is 151 Å². The summed E-state index contributed by atoms with van der Waals surface area (Å²) in [6.45, 7) is 1.44. The number of benzene rings is 2. The number of rotatable bonds is 6. The van der Waals surface area contributed by atoms with Gasteiger partial charge in [-0.2, -0.15) is 5.26 Å².